The normalized spacial score (nSPS) is 18.4. The summed E-state index contributed by atoms with van der Waals surface area (Å²) in [5, 5.41) is 13.5. The van der Waals surface area contributed by atoms with Crippen molar-refractivity contribution in [3.05, 3.63) is 62.5 Å². The first kappa shape index (κ1) is 22.6. The number of hydrogen-bond donors (Lipinski definition) is 1. The molecule has 1 unspecified atom stereocenters. The largest absolute Gasteiger partial charge is 0.356 e. The summed E-state index contributed by atoms with van der Waals surface area (Å²) in [6.07, 6.45) is 4.21. The Kier molecular flexibility index (Phi) is 6.14. The lowest BCUT2D eigenvalue weighted by Gasteiger charge is -2.13. The van der Waals surface area contributed by atoms with Gasteiger partial charge in [-0.05, 0) is 44.9 Å². The zero-order valence-corrected chi connectivity index (χ0v) is 20.7. The Bertz CT molecular complexity index is 1320. The Morgan fingerprint density at radius 3 is 2.71 bits per heavy atom. The van der Waals surface area contributed by atoms with Gasteiger partial charge >= 0.3 is 0 Å². The third kappa shape index (κ3) is 4.21. The van der Waals surface area contributed by atoms with E-state index in [9.17, 15) is 4.79 Å². The lowest BCUT2D eigenvalue weighted by Crippen LogP contribution is -2.28. The molecule has 0 saturated carbocycles. The van der Waals surface area contributed by atoms with Crippen LogP contribution in [0.1, 0.15) is 52.1 Å². The smallest absolute Gasteiger partial charge is 0.222 e. The van der Waals surface area contributed by atoms with Crippen LogP contribution in [-0.4, -0.2) is 51.5 Å². The first-order chi connectivity index (χ1) is 16.4. The number of aromatic nitrogens is 3. The molecule has 0 fully saturated rings. The van der Waals surface area contributed by atoms with Gasteiger partial charge in [0.05, 0.1) is 18.2 Å². The van der Waals surface area contributed by atoms with Crippen LogP contribution in [0.15, 0.2) is 39.2 Å². The maximum absolute atomic E-state index is 12.9. The lowest BCUT2D eigenvalue weighted by atomic mass is 9.99. The third-order valence-electron chi connectivity index (χ3n) is 6.08. The summed E-state index contributed by atoms with van der Waals surface area (Å²) in [5.41, 5.74) is 4.01. The van der Waals surface area contributed by atoms with E-state index in [2.05, 4.69) is 39.3 Å². The van der Waals surface area contributed by atoms with Crippen molar-refractivity contribution in [3.63, 3.8) is 0 Å². The number of aryl methyl sites for hydroxylation is 2. The number of nitrogens with one attached hydrogen (secondary N) is 1. The van der Waals surface area contributed by atoms with Crippen LogP contribution in [0.5, 0.6) is 0 Å². The van der Waals surface area contributed by atoms with Crippen molar-refractivity contribution >= 4 is 47.1 Å². The maximum Gasteiger partial charge on any atom is 0.222 e. The molecule has 2 atom stereocenters. The number of benzene rings is 1. The summed E-state index contributed by atoms with van der Waals surface area (Å²) in [6, 6.07) is 7.22. The molecule has 174 valence electrons. The Morgan fingerprint density at radius 2 is 1.97 bits per heavy atom. The molecule has 2 aliphatic heterocycles. The monoisotopic (exact) mass is 493 g/mol. The Labute approximate surface area is 206 Å². The fourth-order valence-electron chi connectivity index (χ4n) is 4.19. The predicted molar refractivity (Wildman–Crippen MR) is 136 cm³/mol. The van der Waals surface area contributed by atoms with Crippen molar-refractivity contribution in [2.45, 2.75) is 45.7 Å². The molecule has 34 heavy (non-hydrogen) atoms. The van der Waals surface area contributed by atoms with E-state index in [-0.39, 0.29) is 18.4 Å². The SMILES string of the molecule is Cc1sc2c(c1C)C(c1ccc(Cl)cc1)=N[C@@H](CC(=O)NCCC1C=NC=N1)c1nnc(C)n1-2. The van der Waals surface area contributed by atoms with Gasteiger partial charge in [-0.25, -0.2) is 4.99 Å². The topological polar surface area (TPSA) is 96.9 Å². The molecule has 0 aliphatic carbocycles. The maximum atomic E-state index is 12.9. The Hall–Kier alpha value is -3.17. The second-order valence-corrected chi connectivity index (χ2v) is 10.0. The highest BCUT2D eigenvalue weighted by atomic mass is 35.5. The molecule has 2 aromatic heterocycles. The van der Waals surface area contributed by atoms with E-state index in [1.165, 1.54) is 4.88 Å². The number of carbonyl (C=O) groups excluding carboxylic acids is 1. The second kappa shape index (κ2) is 9.23. The van der Waals surface area contributed by atoms with Crippen LogP contribution in [0.3, 0.4) is 0 Å². The van der Waals surface area contributed by atoms with Gasteiger partial charge in [0.15, 0.2) is 5.82 Å². The van der Waals surface area contributed by atoms with E-state index < -0.39 is 6.04 Å². The quantitative estimate of drug-likeness (QED) is 0.557. The van der Waals surface area contributed by atoms with Gasteiger partial charge in [0, 0.05) is 33.8 Å². The van der Waals surface area contributed by atoms with Crippen LogP contribution in [0.25, 0.3) is 5.00 Å². The third-order valence-corrected chi connectivity index (χ3v) is 7.53. The van der Waals surface area contributed by atoms with Crippen LogP contribution in [-0.2, 0) is 4.79 Å². The molecule has 0 radical (unpaired) electrons. The van der Waals surface area contributed by atoms with E-state index in [0.29, 0.717) is 23.8 Å². The van der Waals surface area contributed by atoms with Gasteiger partial charge in [-0.2, -0.15) is 0 Å². The highest BCUT2D eigenvalue weighted by Crippen LogP contribution is 2.39. The Balaban J connectivity index is 1.51. The number of halogens is 1. The molecule has 1 N–H and O–H groups in total. The molecule has 1 amide bonds. The summed E-state index contributed by atoms with van der Waals surface area (Å²) in [4.78, 5) is 27.5. The summed E-state index contributed by atoms with van der Waals surface area (Å²) < 4.78 is 2.05. The van der Waals surface area contributed by atoms with E-state index in [0.717, 1.165) is 33.2 Å². The average molecular weight is 494 g/mol. The molecule has 0 spiro atoms. The van der Waals surface area contributed by atoms with E-state index in [1.54, 1.807) is 23.9 Å². The first-order valence-corrected chi connectivity index (χ1v) is 12.3. The highest BCUT2D eigenvalue weighted by molar-refractivity contribution is 7.15. The van der Waals surface area contributed by atoms with Crippen LogP contribution < -0.4 is 5.32 Å². The van der Waals surface area contributed by atoms with E-state index >= 15 is 0 Å². The molecule has 0 saturated heterocycles. The van der Waals surface area contributed by atoms with Crippen molar-refractivity contribution < 1.29 is 4.79 Å². The van der Waals surface area contributed by atoms with Crippen molar-refractivity contribution in [2.75, 3.05) is 6.54 Å². The first-order valence-electron chi connectivity index (χ1n) is 11.1. The van der Waals surface area contributed by atoms with Crippen LogP contribution in [0, 0.1) is 20.8 Å². The minimum Gasteiger partial charge on any atom is -0.356 e. The molecule has 10 heteroatoms. The number of rotatable bonds is 6. The van der Waals surface area contributed by atoms with Gasteiger partial charge in [0.2, 0.25) is 5.91 Å². The van der Waals surface area contributed by atoms with Crippen molar-refractivity contribution in [2.24, 2.45) is 15.0 Å². The molecule has 8 nitrogen and oxygen atoms in total. The molecule has 0 bridgehead atoms. The number of aliphatic imine (C=N–C) groups is 3. The molecule has 3 aromatic rings. The zero-order valence-electron chi connectivity index (χ0n) is 19.1. The molecule has 1 aromatic carbocycles. The number of carbonyl (C=O) groups is 1. The van der Waals surface area contributed by atoms with Gasteiger partial charge in [-0.1, -0.05) is 23.7 Å². The van der Waals surface area contributed by atoms with Crippen molar-refractivity contribution in [3.8, 4) is 5.00 Å². The summed E-state index contributed by atoms with van der Waals surface area (Å²) in [7, 11) is 0. The molecular weight excluding hydrogens is 470 g/mol. The molecule has 5 rings (SSSR count). The van der Waals surface area contributed by atoms with E-state index in [1.807, 2.05) is 35.8 Å². The summed E-state index contributed by atoms with van der Waals surface area (Å²) in [5.74, 6) is 1.36. The van der Waals surface area contributed by atoms with Gasteiger partial charge in [-0.15, -0.1) is 21.5 Å². The number of hydrogen-bond acceptors (Lipinski definition) is 7. The van der Waals surface area contributed by atoms with Gasteiger partial charge < -0.3 is 5.32 Å². The van der Waals surface area contributed by atoms with Crippen LogP contribution >= 0.6 is 22.9 Å². The number of nitrogens with zero attached hydrogens (tertiary/aromatic N) is 6. The minimum absolute atomic E-state index is 0.0284. The Morgan fingerprint density at radius 1 is 1.18 bits per heavy atom. The van der Waals surface area contributed by atoms with Gasteiger partial charge in [0.1, 0.15) is 23.2 Å². The van der Waals surface area contributed by atoms with Crippen LogP contribution in [0.2, 0.25) is 5.02 Å². The number of amides is 1. The number of thiophene rings is 1. The fraction of sp³-hybridized carbons (Fsp3) is 0.333. The lowest BCUT2D eigenvalue weighted by molar-refractivity contribution is -0.121. The highest BCUT2D eigenvalue weighted by Gasteiger charge is 2.32. The zero-order chi connectivity index (χ0) is 23.8. The molecular formula is C24H24ClN7OS. The second-order valence-electron chi connectivity index (χ2n) is 8.38. The fourth-order valence-corrected chi connectivity index (χ4v) is 5.53. The molecule has 2 aliphatic rings. The predicted octanol–water partition coefficient (Wildman–Crippen LogP) is 4.18. The average Bonchev–Trinajstić information content (AvgIpc) is 3.51. The van der Waals surface area contributed by atoms with Crippen molar-refractivity contribution in [1.82, 2.24) is 20.1 Å². The number of fused-ring (bicyclic) bond motifs is 3. The van der Waals surface area contributed by atoms with Gasteiger partial charge in [-0.3, -0.25) is 19.3 Å². The summed E-state index contributed by atoms with van der Waals surface area (Å²) >= 11 is 7.85. The molecule has 4 heterocycles. The standard InChI is InChI=1S/C24H24ClN7OS/c1-13-14(2)34-24-21(13)22(16-4-6-17(25)7-5-16)29-19(23-31-30-15(3)32(23)24)10-20(33)27-9-8-18-11-26-12-28-18/h4-7,11-12,18-19H,8-10H2,1-3H3,(H,27,33)/t18?,19-/m0/s1. The van der Waals surface area contributed by atoms with Crippen LogP contribution in [0.4, 0.5) is 0 Å². The van der Waals surface area contributed by atoms with Gasteiger partial charge in [0.25, 0.3) is 0 Å². The van der Waals surface area contributed by atoms with E-state index in [4.69, 9.17) is 16.6 Å². The minimum atomic E-state index is -0.475. The van der Waals surface area contributed by atoms with Crippen molar-refractivity contribution in [1.29, 1.82) is 0 Å². The summed E-state index contributed by atoms with van der Waals surface area (Å²) in [6.45, 7) is 6.66.